The van der Waals surface area contributed by atoms with Gasteiger partial charge in [-0.15, -0.1) is 0 Å². The van der Waals surface area contributed by atoms with E-state index in [1.165, 1.54) is 37.6 Å². The Bertz CT molecular complexity index is 1500. The van der Waals surface area contributed by atoms with Gasteiger partial charge < -0.3 is 9.15 Å². The summed E-state index contributed by atoms with van der Waals surface area (Å²) in [5.74, 6) is -0.388. The maximum absolute atomic E-state index is 14.9. The molecular formula is C22H20FKN4O5S. The molecule has 0 radical (unpaired) electrons. The van der Waals surface area contributed by atoms with Crippen LogP contribution in [-0.4, -0.2) is 76.8 Å². The van der Waals surface area contributed by atoms with E-state index in [0.29, 0.717) is 22.3 Å². The number of fused-ring (bicyclic) bond motifs is 1. The van der Waals surface area contributed by atoms with Gasteiger partial charge in [0.05, 0.1) is 5.69 Å². The monoisotopic (exact) mass is 510 g/mol. The summed E-state index contributed by atoms with van der Waals surface area (Å²) < 4.78 is 53.6. The molecule has 0 aliphatic heterocycles. The van der Waals surface area contributed by atoms with Crippen LogP contribution in [0.15, 0.2) is 64.1 Å². The summed E-state index contributed by atoms with van der Waals surface area (Å²) in [6.45, 7) is 1.74. The standard InChI is InChI=1S/C22H19FN4O5S.K.H/c1-13-16-8-7-15(31-22-25-9-4-10-26-22)12-19(16)32-21(28)17(13)11-14-5-3-6-18(20(14)23)27-33(29,30)24-2;;/h3-10,12,24,27H,11H2,1-2H3;;. The molecule has 0 atom stereocenters. The van der Waals surface area contributed by atoms with Crippen molar-refractivity contribution in [3.8, 4) is 11.8 Å². The summed E-state index contributed by atoms with van der Waals surface area (Å²) in [6.07, 6.45) is 3.00. The zero-order valence-corrected chi connectivity index (χ0v) is 18.4. The molecule has 0 unspecified atom stereocenters. The van der Waals surface area contributed by atoms with Crippen molar-refractivity contribution >= 4 is 78.3 Å². The van der Waals surface area contributed by atoms with Gasteiger partial charge in [0, 0.05) is 42.9 Å². The van der Waals surface area contributed by atoms with Crippen LogP contribution in [-0.2, 0) is 16.6 Å². The van der Waals surface area contributed by atoms with Crippen molar-refractivity contribution in [2.75, 3.05) is 11.8 Å². The van der Waals surface area contributed by atoms with Crippen molar-refractivity contribution in [2.24, 2.45) is 0 Å². The van der Waals surface area contributed by atoms with E-state index in [4.69, 9.17) is 9.15 Å². The van der Waals surface area contributed by atoms with Crippen molar-refractivity contribution in [3.05, 3.63) is 87.8 Å². The summed E-state index contributed by atoms with van der Waals surface area (Å²) in [4.78, 5) is 20.7. The Morgan fingerprint density at radius 1 is 1.12 bits per heavy atom. The molecule has 0 amide bonds. The van der Waals surface area contributed by atoms with E-state index in [0.717, 1.165) is 0 Å². The van der Waals surface area contributed by atoms with E-state index >= 15 is 0 Å². The first-order valence-electron chi connectivity index (χ1n) is 9.77. The summed E-state index contributed by atoms with van der Waals surface area (Å²) in [7, 11) is -2.69. The first kappa shape index (κ1) is 26.4. The van der Waals surface area contributed by atoms with Crippen LogP contribution in [0, 0.1) is 12.7 Å². The van der Waals surface area contributed by atoms with Crippen molar-refractivity contribution < 1.29 is 22.0 Å². The van der Waals surface area contributed by atoms with Gasteiger partial charge in [-0.05, 0) is 42.3 Å². The Morgan fingerprint density at radius 3 is 2.56 bits per heavy atom. The summed E-state index contributed by atoms with van der Waals surface area (Å²) >= 11 is 0. The predicted molar refractivity (Wildman–Crippen MR) is 127 cm³/mol. The fraction of sp³-hybridized carbons (Fsp3) is 0.136. The third-order valence-corrected chi connectivity index (χ3v) is 6.00. The number of aryl methyl sites for hydroxylation is 1. The Hall–Kier alpha value is -2.19. The number of anilines is 1. The van der Waals surface area contributed by atoms with Crippen molar-refractivity contribution in [1.82, 2.24) is 14.7 Å². The Labute approximate surface area is 237 Å². The van der Waals surface area contributed by atoms with E-state index < -0.39 is 21.7 Å². The second kappa shape index (κ2) is 11.0. The molecule has 34 heavy (non-hydrogen) atoms. The Morgan fingerprint density at radius 2 is 1.85 bits per heavy atom. The van der Waals surface area contributed by atoms with Crippen LogP contribution < -0.4 is 19.8 Å². The predicted octanol–water partition coefficient (Wildman–Crippen LogP) is 2.64. The normalized spacial score (nSPS) is 11.1. The SMILES string of the molecule is CNS(=O)(=O)Nc1cccc(Cc2c(C)c3ccc(Oc4ncccn4)cc3oc2=O)c1F.[KH]. The molecule has 172 valence electrons. The molecule has 0 saturated heterocycles. The van der Waals surface area contributed by atoms with Crippen LogP contribution in [0.4, 0.5) is 10.1 Å². The zero-order chi connectivity index (χ0) is 23.6. The van der Waals surface area contributed by atoms with E-state index in [-0.39, 0.29) is 80.6 Å². The average Bonchev–Trinajstić information content (AvgIpc) is 2.79. The van der Waals surface area contributed by atoms with E-state index in [2.05, 4.69) is 19.4 Å². The molecule has 0 fully saturated rings. The van der Waals surface area contributed by atoms with Gasteiger partial charge in [0.15, 0.2) is 5.82 Å². The molecule has 0 bridgehead atoms. The van der Waals surface area contributed by atoms with Gasteiger partial charge in [-0.1, -0.05) is 12.1 Å². The number of hydrogen-bond acceptors (Lipinski definition) is 7. The molecule has 0 spiro atoms. The van der Waals surface area contributed by atoms with Crippen LogP contribution in [0.25, 0.3) is 11.0 Å². The molecule has 0 aliphatic rings. The van der Waals surface area contributed by atoms with Crippen LogP contribution in [0.1, 0.15) is 16.7 Å². The molecule has 12 heteroatoms. The number of hydrogen-bond donors (Lipinski definition) is 2. The molecular weight excluding hydrogens is 490 g/mol. The van der Waals surface area contributed by atoms with Crippen LogP contribution in [0.3, 0.4) is 0 Å². The number of aromatic nitrogens is 2. The van der Waals surface area contributed by atoms with Crippen molar-refractivity contribution in [2.45, 2.75) is 13.3 Å². The van der Waals surface area contributed by atoms with Crippen LogP contribution >= 0.6 is 0 Å². The number of rotatable bonds is 7. The quantitative estimate of drug-likeness (QED) is 0.289. The molecule has 2 N–H and O–H groups in total. The molecule has 0 saturated carbocycles. The van der Waals surface area contributed by atoms with Gasteiger partial charge in [0.25, 0.3) is 10.2 Å². The number of nitrogens with zero attached hydrogens (tertiary/aromatic N) is 2. The molecule has 4 aromatic rings. The Kier molecular flexibility index (Phi) is 8.57. The van der Waals surface area contributed by atoms with Gasteiger partial charge in [-0.25, -0.2) is 23.9 Å². The zero-order valence-electron chi connectivity index (χ0n) is 17.6. The summed E-state index contributed by atoms with van der Waals surface area (Å²) in [5.41, 5.74) is 0.454. The number of halogens is 1. The Balaban J connectivity index is 0.00000324. The van der Waals surface area contributed by atoms with Crippen molar-refractivity contribution in [3.63, 3.8) is 0 Å². The fourth-order valence-electron chi connectivity index (χ4n) is 3.27. The molecule has 9 nitrogen and oxygen atoms in total. The van der Waals surface area contributed by atoms with E-state index in [1.54, 1.807) is 31.2 Å². The fourth-order valence-corrected chi connectivity index (χ4v) is 3.82. The number of ether oxygens (including phenoxy) is 1. The molecule has 2 heterocycles. The van der Waals surface area contributed by atoms with Gasteiger partial charge in [-0.2, -0.15) is 8.42 Å². The van der Waals surface area contributed by atoms with Crippen LogP contribution in [0.5, 0.6) is 11.8 Å². The third-order valence-electron chi connectivity index (χ3n) is 4.97. The minimum atomic E-state index is -3.90. The molecule has 0 aliphatic carbocycles. The number of nitrogens with one attached hydrogen (secondary N) is 2. The van der Waals surface area contributed by atoms with E-state index in [1.807, 2.05) is 0 Å². The first-order valence-corrected chi connectivity index (χ1v) is 11.3. The second-order valence-corrected chi connectivity index (χ2v) is 8.67. The molecule has 2 aromatic heterocycles. The van der Waals surface area contributed by atoms with Gasteiger partial charge in [-0.3, -0.25) is 4.72 Å². The van der Waals surface area contributed by atoms with E-state index in [9.17, 15) is 17.6 Å². The van der Waals surface area contributed by atoms with Gasteiger partial charge in [0.1, 0.15) is 11.3 Å². The molecule has 4 rings (SSSR count). The third kappa shape index (κ3) is 5.89. The first-order chi connectivity index (χ1) is 15.8. The van der Waals surface area contributed by atoms with Gasteiger partial charge in [0.2, 0.25) is 0 Å². The maximum atomic E-state index is 14.9. The van der Waals surface area contributed by atoms with Crippen LogP contribution in [0.2, 0.25) is 0 Å². The minimum absolute atomic E-state index is 0. The van der Waals surface area contributed by atoms with Crippen molar-refractivity contribution in [1.29, 1.82) is 0 Å². The molecule has 2 aromatic carbocycles. The van der Waals surface area contributed by atoms with Gasteiger partial charge >= 0.3 is 63.0 Å². The second-order valence-electron chi connectivity index (χ2n) is 7.05. The topological polar surface area (TPSA) is 123 Å². The summed E-state index contributed by atoms with van der Waals surface area (Å²) in [5, 5.41) is 0.651. The number of benzene rings is 2. The average molecular weight is 511 g/mol. The summed E-state index contributed by atoms with van der Waals surface area (Å²) in [6, 6.07) is 11.0.